The van der Waals surface area contributed by atoms with Crippen molar-refractivity contribution in [3.63, 3.8) is 0 Å². The topological polar surface area (TPSA) is 102 Å². The van der Waals surface area contributed by atoms with Crippen LogP contribution in [0.3, 0.4) is 0 Å². The first kappa shape index (κ1) is 20.7. The molecule has 0 spiro atoms. The van der Waals surface area contributed by atoms with E-state index >= 15 is 0 Å². The Morgan fingerprint density at radius 1 is 1.00 bits per heavy atom. The monoisotopic (exact) mass is 432 g/mol. The van der Waals surface area contributed by atoms with Gasteiger partial charge in [-0.2, -0.15) is 4.31 Å². The Bertz CT molecular complexity index is 954. The average Bonchev–Trinajstić information content (AvgIpc) is 2.80. The van der Waals surface area contributed by atoms with Gasteiger partial charge < -0.3 is 14.4 Å². The molecule has 0 radical (unpaired) electrons. The highest BCUT2D eigenvalue weighted by molar-refractivity contribution is 7.89. The van der Waals surface area contributed by atoms with E-state index in [1.165, 1.54) is 16.4 Å². The number of carbonyl (C=O) groups excluding carboxylic acids is 1. The Balaban J connectivity index is 1.35. The quantitative estimate of drug-likeness (QED) is 0.699. The normalized spacial score (nSPS) is 18.9. The molecule has 0 bridgehead atoms. The van der Waals surface area contributed by atoms with E-state index in [4.69, 9.17) is 9.47 Å². The van der Waals surface area contributed by atoms with Gasteiger partial charge in [0, 0.05) is 57.0 Å². The molecule has 1 amide bonds. The van der Waals surface area contributed by atoms with E-state index in [0.717, 1.165) is 0 Å². The summed E-state index contributed by atoms with van der Waals surface area (Å²) in [6, 6.07) is 8.23. The maximum atomic E-state index is 12.8. The summed E-state index contributed by atoms with van der Waals surface area (Å²) in [6.07, 6.45) is 4.60. The van der Waals surface area contributed by atoms with Crippen molar-refractivity contribution in [3.8, 4) is 6.01 Å². The summed E-state index contributed by atoms with van der Waals surface area (Å²) in [5, 5.41) is 0. The first-order valence-corrected chi connectivity index (χ1v) is 11.4. The average molecular weight is 433 g/mol. The number of morpholine rings is 1. The van der Waals surface area contributed by atoms with Crippen molar-refractivity contribution in [1.82, 2.24) is 19.2 Å². The first-order chi connectivity index (χ1) is 14.5. The highest BCUT2D eigenvalue weighted by atomic mass is 32.2. The standard InChI is InChI=1S/C20H24N4O5S/c25-19(23-10-6-17(7-11-23)29-20-21-8-1-9-22-20)16-2-4-18(5-3-16)30(26,27)24-12-14-28-15-13-24/h1-5,8-9,17H,6-7,10-15H2. The molecule has 9 nitrogen and oxygen atoms in total. The van der Waals surface area contributed by atoms with Crippen LogP contribution in [-0.2, 0) is 14.8 Å². The van der Waals surface area contributed by atoms with Crippen LogP contribution in [-0.4, -0.2) is 79.0 Å². The molecule has 30 heavy (non-hydrogen) atoms. The SMILES string of the molecule is O=C(c1ccc(S(=O)(=O)N2CCOCC2)cc1)N1CCC(Oc2ncccn2)CC1. The van der Waals surface area contributed by atoms with Crippen molar-refractivity contribution in [2.24, 2.45) is 0 Å². The van der Waals surface area contributed by atoms with E-state index in [-0.39, 0.29) is 16.9 Å². The molecule has 0 N–H and O–H groups in total. The van der Waals surface area contributed by atoms with Crippen LogP contribution in [0.2, 0.25) is 0 Å². The van der Waals surface area contributed by atoms with Gasteiger partial charge in [0.1, 0.15) is 6.10 Å². The van der Waals surface area contributed by atoms with Crippen LogP contribution in [0.15, 0.2) is 47.6 Å². The number of ether oxygens (including phenoxy) is 2. The lowest BCUT2D eigenvalue weighted by molar-refractivity contribution is 0.0578. The number of amides is 1. The second-order valence-corrected chi connectivity index (χ2v) is 9.12. The molecule has 10 heteroatoms. The second-order valence-electron chi connectivity index (χ2n) is 7.18. The Labute approximate surface area is 175 Å². The Hall–Kier alpha value is -2.56. The van der Waals surface area contributed by atoms with Crippen LogP contribution in [0.1, 0.15) is 23.2 Å². The largest absolute Gasteiger partial charge is 0.460 e. The highest BCUT2D eigenvalue weighted by Gasteiger charge is 2.28. The number of aromatic nitrogens is 2. The van der Waals surface area contributed by atoms with Gasteiger partial charge in [-0.3, -0.25) is 4.79 Å². The van der Waals surface area contributed by atoms with Gasteiger partial charge in [0.15, 0.2) is 0 Å². The van der Waals surface area contributed by atoms with Crippen molar-refractivity contribution >= 4 is 15.9 Å². The summed E-state index contributed by atoms with van der Waals surface area (Å²) in [5.74, 6) is -0.111. The third-order valence-corrected chi connectivity index (χ3v) is 7.17. The number of nitrogens with zero attached hydrogens (tertiary/aromatic N) is 4. The summed E-state index contributed by atoms with van der Waals surface area (Å²) in [7, 11) is -3.57. The van der Waals surface area contributed by atoms with Gasteiger partial charge in [-0.15, -0.1) is 0 Å². The smallest absolute Gasteiger partial charge is 0.316 e. The zero-order valence-corrected chi connectivity index (χ0v) is 17.3. The first-order valence-electron chi connectivity index (χ1n) is 9.95. The molecule has 1 aromatic heterocycles. The molecule has 0 unspecified atom stereocenters. The minimum Gasteiger partial charge on any atom is -0.460 e. The minimum absolute atomic E-state index is 0.0301. The zero-order valence-electron chi connectivity index (χ0n) is 16.5. The van der Waals surface area contributed by atoms with Gasteiger partial charge in [-0.1, -0.05) is 0 Å². The van der Waals surface area contributed by atoms with Crippen LogP contribution >= 0.6 is 0 Å². The number of carbonyl (C=O) groups is 1. The number of benzene rings is 1. The maximum absolute atomic E-state index is 12.8. The molecule has 2 aromatic rings. The fraction of sp³-hybridized carbons (Fsp3) is 0.450. The van der Waals surface area contributed by atoms with Crippen LogP contribution < -0.4 is 4.74 Å². The van der Waals surface area contributed by atoms with E-state index in [1.54, 1.807) is 35.5 Å². The Kier molecular flexibility index (Phi) is 6.26. The molecule has 0 atom stereocenters. The summed E-state index contributed by atoms with van der Waals surface area (Å²) >= 11 is 0. The summed E-state index contributed by atoms with van der Waals surface area (Å²) < 4.78 is 37.8. The molecule has 2 aliphatic rings. The lowest BCUT2D eigenvalue weighted by Gasteiger charge is -2.31. The second kappa shape index (κ2) is 9.07. The Morgan fingerprint density at radius 2 is 1.63 bits per heavy atom. The molecule has 2 fully saturated rings. The number of rotatable bonds is 5. The summed E-state index contributed by atoms with van der Waals surface area (Å²) in [5.41, 5.74) is 0.474. The van der Waals surface area contributed by atoms with Gasteiger partial charge in [0.05, 0.1) is 18.1 Å². The molecule has 4 rings (SSSR count). The van der Waals surface area contributed by atoms with Gasteiger partial charge in [0.25, 0.3) is 5.91 Å². The fourth-order valence-corrected chi connectivity index (χ4v) is 4.97. The Morgan fingerprint density at radius 3 is 2.27 bits per heavy atom. The minimum atomic E-state index is -3.57. The molecule has 2 aliphatic heterocycles. The van der Waals surface area contributed by atoms with E-state index in [2.05, 4.69) is 9.97 Å². The molecular formula is C20H24N4O5S. The van der Waals surface area contributed by atoms with Crippen LogP contribution in [0.4, 0.5) is 0 Å². The van der Waals surface area contributed by atoms with Crippen molar-refractivity contribution in [2.45, 2.75) is 23.8 Å². The van der Waals surface area contributed by atoms with Gasteiger partial charge in [-0.05, 0) is 30.3 Å². The van der Waals surface area contributed by atoms with Crippen LogP contribution in [0.25, 0.3) is 0 Å². The predicted octanol–water partition coefficient (Wildman–Crippen LogP) is 1.18. The van der Waals surface area contributed by atoms with E-state index in [1.807, 2.05) is 0 Å². The zero-order chi connectivity index (χ0) is 21.0. The van der Waals surface area contributed by atoms with Crippen LogP contribution in [0, 0.1) is 0 Å². The van der Waals surface area contributed by atoms with E-state index < -0.39 is 10.0 Å². The molecule has 3 heterocycles. The third kappa shape index (κ3) is 4.61. The van der Waals surface area contributed by atoms with Gasteiger partial charge in [0.2, 0.25) is 10.0 Å². The van der Waals surface area contributed by atoms with E-state index in [9.17, 15) is 13.2 Å². The molecule has 160 valence electrons. The van der Waals surface area contributed by atoms with Crippen molar-refractivity contribution in [1.29, 1.82) is 0 Å². The molecule has 0 aliphatic carbocycles. The maximum Gasteiger partial charge on any atom is 0.316 e. The van der Waals surface area contributed by atoms with Gasteiger partial charge in [-0.25, -0.2) is 18.4 Å². The van der Waals surface area contributed by atoms with Crippen molar-refractivity contribution in [3.05, 3.63) is 48.3 Å². The number of piperidine rings is 1. The molecule has 0 saturated carbocycles. The van der Waals surface area contributed by atoms with Crippen molar-refractivity contribution < 1.29 is 22.7 Å². The van der Waals surface area contributed by atoms with Gasteiger partial charge >= 0.3 is 6.01 Å². The van der Waals surface area contributed by atoms with E-state index in [0.29, 0.717) is 63.8 Å². The predicted molar refractivity (Wildman–Crippen MR) is 108 cm³/mol. The lowest BCUT2D eigenvalue weighted by Crippen LogP contribution is -2.42. The highest BCUT2D eigenvalue weighted by Crippen LogP contribution is 2.20. The summed E-state index contributed by atoms with van der Waals surface area (Å²) in [6.45, 7) is 2.59. The molecular weight excluding hydrogens is 408 g/mol. The molecule has 2 saturated heterocycles. The van der Waals surface area contributed by atoms with Crippen molar-refractivity contribution in [2.75, 3.05) is 39.4 Å². The number of hydrogen-bond acceptors (Lipinski definition) is 7. The van der Waals surface area contributed by atoms with Crippen LogP contribution in [0.5, 0.6) is 6.01 Å². The lowest BCUT2D eigenvalue weighted by atomic mass is 10.1. The number of sulfonamides is 1. The number of likely N-dealkylation sites (tertiary alicyclic amines) is 1. The third-order valence-electron chi connectivity index (χ3n) is 5.25. The number of hydrogen-bond donors (Lipinski definition) is 0. The summed E-state index contributed by atoms with van der Waals surface area (Å²) in [4.78, 5) is 22.9. The fourth-order valence-electron chi connectivity index (χ4n) is 3.56. The molecule has 1 aromatic carbocycles.